The van der Waals surface area contributed by atoms with Crippen molar-refractivity contribution in [3.63, 3.8) is 0 Å². The summed E-state index contributed by atoms with van der Waals surface area (Å²) in [6, 6.07) is 8.26. The molecule has 1 saturated heterocycles. The molecule has 1 aromatic rings. The molecule has 0 radical (unpaired) electrons. The van der Waals surface area contributed by atoms with Gasteiger partial charge in [-0.15, -0.1) is 0 Å². The lowest BCUT2D eigenvalue weighted by Gasteiger charge is -2.19. The summed E-state index contributed by atoms with van der Waals surface area (Å²) in [5.41, 5.74) is 2.32. The Balaban J connectivity index is 1.84. The van der Waals surface area contributed by atoms with E-state index < -0.39 is 0 Å². The second-order valence-electron chi connectivity index (χ2n) is 5.54. The van der Waals surface area contributed by atoms with Crippen LogP contribution in [-0.4, -0.2) is 50.4 Å². The predicted molar refractivity (Wildman–Crippen MR) is 83.3 cm³/mol. The van der Waals surface area contributed by atoms with Crippen molar-refractivity contribution in [1.29, 1.82) is 0 Å². The standard InChI is InChI=1S/C16H23N3O2/c1-18(2)14-6-3-13(4-7-14)5-8-16(21)19-11-9-15(20)17-10-12-19/h3-4,6-7H,5,8-12H2,1-2H3,(H,17,20). The van der Waals surface area contributed by atoms with Crippen LogP contribution in [-0.2, 0) is 16.0 Å². The smallest absolute Gasteiger partial charge is 0.222 e. The van der Waals surface area contributed by atoms with E-state index in [0.717, 1.165) is 17.7 Å². The van der Waals surface area contributed by atoms with Gasteiger partial charge in [0.05, 0.1) is 0 Å². The fourth-order valence-corrected chi connectivity index (χ4v) is 2.39. The summed E-state index contributed by atoms with van der Waals surface area (Å²) in [6.45, 7) is 1.70. The third-order valence-corrected chi connectivity index (χ3v) is 3.75. The van der Waals surface area contributed by atoms with Crippen molar-refractivity contribution < 1.29 is 9.59 Å². The van der Waals surface area contributed by atoms with Gasteiger partial charge in [0.15, 0.2) is 0 Å². The fraction of sp³-hybridized carbons (Fsp3) is 0.500. The van der Waals surface area contributed by atoms with Crippen LogP contribution in [0.25, 0.3) is 0 Å². The van der Waals surface area contributed by atoms with Crippen LogP contribution in [0.15, 0.2) is 24.3 Å². The van der Waals surface area contributed by atoms with Gasteiger partial charge in [0.1, 0.15) is 0 Å². The molecule has 1 aromatic carbocycles. The molecule has 0 aliphatic carbocycles. The van der Waals surface area contributed by atoms with Crippen LogP contribution in [0, 0.1) is 0 Å². The number of hydrogen-bond donors (Lipinski definition) is 1. The Labute approximate surface area is 125 Å². The first kappa shape index (κ1) is 15.4. The lowest BCUT2D eigenvalue weighted by molar-refractivity contribution is -0.131. The summed E-state index contributed by atoms with van der Waals surface area (Å²) < 4.78 is 0. The van der Waals surface area contributed by atoms with Gasteiger partial charge < -0.3 is 15.1 Å². The minimum atomic E-state index is 0.0320. The van der Waals surface area contributed by atoms with Crippen LogP contribution in [0.3, 0.4) is 0 Å². The first-order chi connectivity index (χ1) is 10.1. The van der Waals surface area contributed by atoms with E-state index in [2.05, 4.69) is 34.5 Å². The number of carbonyl (C=O) groups is 2. The lowest BCUT2D eigenvalue weighted by Crippen LogP contribution is -2.34. The first-order valence-corrected chi connectivity index (χ1v) is 7.37. The Hall–Kier alpha value is -2.04. The fourth-order valence-electron chi connectivity index (χ4n) is 2.39. The molecule has 0 bridgehead atoms. The molecule has 2 amide bonds. The molecule has 0 atom stereocenters. The molecule has 0 spiro atoms. The minimum Gasteiger partial charge on any atom is -0.378 e. The van der Waals surface area contributed by atoms with Gasteiger partial charge in [-0.2, -0.15) is 0 Å². The maximum Gasteiger partial charge on any atom is 0.222 e. The Bertz CT molecular complexity index is 497. The van der Waals surface area contributed by atoms with Gasteiger partial charge in [0.25, 0.3) is 0 Å². The maximum absolute atomic E-state index is 12.2. The van der Waals surface area contributed by atoms with Gasteiger partial charge >= 0.3 is 0 Å². The van der Waals surface area contributed by atoms with E-state index in [0.29, 0.717) is 32.5 Å². The van der Waals surface area contributed by atoms with Gasteiger partial charge in [-0.25, -0.2) is 0 Å². The molecule has 1 heterocycles. The Morgan fingerprint density at radius 2 is 1.95 bits per heavy atom. The highest BCUT2D eigenvalue weighted by Gasteiger charge is 2.17. The van der Waals surface area contributed by atoms with E-state index in [1.165, 1.54) is 0 Å². The summed E-state index contributed by atoms with van der Waals surface area (Å²) in [5.74, 6) is 0.160. The number of nitrogens with one attached hydrogen (secondary N) is 1. The number of carbonyl (C=O) groups excluding carboxylic acids is 2. The number of hydrogen-bond acceptors (Lipinski definition) is 3. The number of nitrogens with zero attached hydrogens (tertiary/aromatic N) is 2. The van der Waals surface area contributed by atoms with E-state index in [1.54, 1.807) is 4.90 Å². The van der Waals surface area contributed by atoms with Crippen LogP contribution in [0.5, 0.6) is 0 Å². The summed E-state index contributed by atoms with van der Waals surface area (Å²) in [6.07, 6.45) is 1.64. The van der Waals surface area contributed by atoms with Crippen molar-refractivity contribution in [2.75, 3.05) is 38.6 Å². The number of benzene rings is 1. The molecule has 5 nitrogen and oxygen atoms in total. The monoisotopic (exact) mass is 289 g/mol. The zero-order chi connectivity index (χ0) is 15.2. The number of anilines is 1. The number of amides is 2. The molecular weight excluding hydrogens is 266 g/mol. The molecule has 21 heavy (non-hydrogen) atoms. The van der Waals surface area contributed by atoms with E-state index >= 15 is 0 Å². The van der Waals surface area contributed by atoms with Gasteiger partial charge in [-0.3, -0.25) is 9.59 Å². The van der Waals surface area contributed by atoms with E-state index in [4.69, 9.17) is 0 Å². The molecule has 0 saturated carbocycles. The lowest BCUT2D eigenvalue weighted by atomic mass is 10.1. The van der Waals surface area contributed by atoms with Crippen molar-refractivity contribution in [3.8, 4) is 0 Å². The molecular formula is C16H23N3O2. The molecule has 5 heteroatoms. The quantitative estimate of drug-likeness (QED) is 0.901. The van der Waals surface area contributed by atoms with Crippen molar-refractivity contribution >= 4 is 17.5 Å². The largest absolute Gasteiger partial charge is 0.378 e. The van der Waals surface area contributed by atoms with E-state index in [1.807, 2.05) is 14.1 Å². The van der Waals surface area contributed by atoms with Crippen molar-refractivity contribution in [2.24, 2.45) is 0 Å². The Kier molecular flexibility index (Phi) is 5.20. The summed E-state index contributed by atoms with van der Waals surface area (Å²) in [5, 5.41) is 2.78. The van der Waals surface area contributed by atoms with Gasteiger partial charge in [0, 0.05) is 52.3 Å². The summed E-state index contributed by atoms with van der Waals surface area (Å²) in [4.78, 5) is 27.3. The highest BCUT2D eigenvalue weighted by Crippen LogP contribution is 2.14. The average Bonchev–Trinajstić information content (AvgIpc) is 2.70. The van der Waals surface area contributed by atoms with Gasteiger partial charge in [0.2, 0.25) is 11.8 Å². The number of aryl methyl sites for hydroxylation is 1. The van der Waals surface area contributed by atoms with Crippen LogP contribution in [0.2, 0.25) is 0 Å². The minimum absolute atomic E-state index is 0.0320. The van der Waals surface area contributed by atoms with Crippen molar-refractivity contribution in [2.45, 2.75) is 19.3 Å². The third-order valence-electron chi connectivity index (χ3n) is 3.75. The second-order valence-corrected chi connectivity index (χ2v) is 5.54. The molecule has 1 aliphatic rings. The SMILES string of the molecule is CN(C)c1ccc(CCC(=O)N2CCNC(=O)CC2)cc1. The van der Waals surface area contributed by atoms with Crippen molar-refractivity contribution in [1.82, 2.24) is 10.2 Å². The van der Waals surface area contributed by atoms with E-state index in [-0.39, 0.29) is 11.8 Å². The molecule has 1 N–H and O–H groups in total. The maximum atomic E-state index is 12.2. The van der Waals surface area contributed by atoms with Crippen LogP contribution in [0.1, 0.15) is 18.4 Å². The van der Waals surface area contributed by atoms with Crippen LogP contribution >= 0.6 is 0 Å². The summed E-state index contributed by atoms with van der Waals surface area (Å²) in [7, 11) is 4.01. The van der Waals surface area contributed by atoms with E-state index in [9.17, 15) is 9.59 Å². The molecule has 114 valence electrons. The van der Waals surface area contributed by atoms with Gasteiger partial charge in [-0.05, 0) is 24.1 Å². The van der Waals surface area contributed by atoms with Crippen LogP contribution < -0.4 is 10.2 Å². The zero-order valence-electron chi connectivity index (χ0n) is 12.8. The normalized spacial score (nSPS) is 15.3. The topological polar surface area (TPSA) is 52.7 Å². The van der Waals surface area contributed by atoms with Crippen LogP contribution in [0.4, 0.5) is 5.69 Å². The molecule has 0 unspecified atom stereocenters. The highest BCUT2D eigenvalue weighted by atomic mass is 16.2. The molecule has 1 aliphatic heterocycles. The zero-order valence-corrected chi connectivity index (χ0v) is 12.8. The van der Waals surface area contributed by atoms with Crippen molar-refractivity contribution in [3.05, 3.63) is 29.8 Å². The molecule has 0 aromatic heterocycles. The average molecular weight is 289 g/mol. The third kappa shape index (κ3) is 4.48. The molecule has 1 fully saturated rings. The Morgan fingerprint density at radius 1 is 1.24 bits per heavy atom. The second kappa shape index (κ2) is 7.11. The Morgan fingerprint density at radius 3 is 2.62 bits per heavy atom. The first-order valence-electron chi connectivity index (χ1n) is 7.37. The summed E-state index contributed by atoms with van der Waals surface area (Å²) >= 11 is 0. The molecule has 2 rings (SSSR count). The highest BCUT2D eigenvalue weighted by molar-refractivity contribution is 5.80. The van der Waals surface area contributed by atoms with Gasteiger partial charge in [-0.1, -0.05) is 12.1 Å². The predicted octanol–water partition coefficient (Wildman–Crippen LogP) is 1.03. The number of rotatable bonds is 4.